The molecule has 0 aromatic carbocycles. The number of aromatic nitrogens is 1. The lowest BCUT2D eigenvalue weighted by molar-refractivity contribution is 0.0496. The predicted molar refractivity (Wildman–Crippen MR) is 68.0 cm³/mol. The molecule has 0 aliphatic carbocycles. The normalized spacial score (nSPS) is 24.0. The quantitative estimate of drug-likeness (QED) is 0.883. The summed E-state index contributed by atoms with van der Waals surface area (Å²) in [6.45, 7) is 3.74. The van der Waals surface area contributed by atoms with Crippen LogP contribution in [0.3, 0.4) is 0 Å². The van der Waals surface area contributed by atoms with Crippen LogP contribution in [0.5, 0.6) is 0 Å². The maximum Gasteiger partial charge on any atom is 0.339 e. The van der Waals surface area contributed by atoms with Crippen LogP contribution in [0.25, 0.3) is 0 Å². The Morgan fingerprint density at radius 1 is 1.61 bits per heavy atom. The Labute approximate surface area is 106 Å². The van der Waals surface area contributed by atoms with Gasteiger partial charge in [-0.05, 0) is 18.4 Å². The van der Waals surface area contributed by atoms with Crippen LogP contribution in [0.2, 0.25) is 0 Å². The molecule has 1 aliphatic rings. The summed E-state index contributed by atoms with van der Waals surface area (Å²) in [5.41, 5.74) is 0.980. The van der Waals surface area contributed by atoms with Crippen LogP contribution in [0.15, 0.2) is 18.5 Å². The summed E-state index contributed by atoms with van der Waals surface area (Å²) >= 11 is 0. The number of aromatic carboxylic acids is 1. The highest BCUT2D eigenvalue weighted by Crippen LogP contribution is 2.26. The van der Waals surface area contributed by atoms with E-state index in [1.807, 2.05) is 0 Å². The van der Waals surface area contributed by atoms with Gasteiger partial charge >= 0.3 is 5.97 Å². The van der Waals surface area contributed by atoms with E-state index in [9.17, 15) is 9.90 Å². The lowest BCUT2D eigenvalue weighted by Crippen LogP contribution is -2.44. The molecule has 1 fully saturated rings. The average Bonchev–Trinajstić information content (AvgIpc) is 2.39. The molecule has 2 rings (SSSR count). The number of anilines is 1. The second-order valence-corrected chi connectivity index (χ2v) is 4.68. The van der Waals surface area contributed by atoms with Crippen molar-refractivity contribution in [3.63, 3.8) is 0 Å². The van der Waals surface area contributed by atoms with Gasteiger partial charge in [0.2, 0.25) is 0 Å². The third-order valence-corrected chi connectivity index (χ3v) is 3.56. The van der Waals surface area contributed by atoms with Gasteiger partial charge in [0.15, 0.2) is 0 Å². The summed E-state index contributed by atoms with van der Waals surface area (Å²) in [7, 11) is 1.70. The average molecular weight is 250 g/mol. The van der Waals surface area contributed by atoms with Gasteiger partial charge in [0.05, 0.1) is 11.8 Å². The maximum atomic E-state index is 11.2. The minimum atomic E-state index is -0.939. The first kappa shape index (κ1) is 12.8. The molecular formula is C13H18N2O3. The maximum absolute atomic E-state index is 11.2. The monoisotopic (exact) mass is 250 g/mol. The number of carboxylic acids is 1. The zero-order valence-corrected chi connectivity index (χ0v) is 10.7. The summed E-state index contributed by atoms with van der Waals surface area (Å²) < 4.78 is 5.45. The first-order chi connectivity index (χ1) is 8.63. The highest BCUT2D eigenvalue weighted by atomic mass is 16.5. The molecule has 2 atom stereocenters. The molecule has 18 heavy (non-hydrogen) atoms. The van der Waals surface area contributed by atoms with E-state index >= 15 is 0 Å². The molecule has 1 aromatic heterocycles. The van der Waals surface area contributed by atoms with Crippen molar-refractivity contribution in [2.75, 3.05) is 25.1 Å². The zero-order chi connectivity index (χ0) is 13.1. The van der Waals surface area contributed by atoms with E-state index in [2.05, 4.69) is 16.8 Å². The number of hydrogen-bond donors (Lipinski definition) is 1. The van der Waals surface area contributed by atoms with Gasteiger partial charge in [0.1, 0.15) is 5.56 Å². The Bertz CT molecular complexity index is 436. The van der Waals surface area contributed by atoms with E-state index in [-0.39, 0.29) is 11.7 Å². The largest absolute Gasteiger partial charge is 0.478 e. The molecule has 0 bridgehead atoms. The predicted octanol–water partition coefficient (Wildman–Crippen LogP) is 1.64. The zero-order valence-electron chi connectivity index (χ0n) is 10.7. The van der Waals surface area contributed by atoms with Crippen LogP contribution in [0, 0.1) is 5.92 Å². The van der Waals surface area contributed by atoms with E-state index < -0.39 is 5.97 Å². The molecule has 1 saturated heterocycles. The van der Waals surface area contributed by atoms with Crippen molar-refractivity contribution >= 4 is 11.7 Å². The first-order valence-corrected chi connectivity index (χ1v) is 6.08. The van der Waals surface area contributed by atoms with Crippen molar-refractivity contribution < 1.29 is 14.6 Å². The number of carbonyl (C=O) groups is 1. The van der Waals surface area contributed by atoms with Gasteiger partial charge in [-0.2, -0.15) is 0 Å². The molecule has 1 aromatic rings. The van der Waals surface area contributed by atoms with Crippen LogP contribution in [-0.4, -0.2) is 42.4 Å². The minimum Gasteiger partial charge on any atom is -0.478 e. The smallest absolute Gasteiger partial charge is 0.339 e. The van der Waals surface area contributed by atoms with Gasteiger partial charge in [-0.15, -0.1) is 0 Å². The van der Waals surface area contributed by atoms with Gasteiger partial charge < -0.3 is 14.7 Å². The van der Waals surface area contributed by atoms with Gasteiger partial charge in [0.25, 0.3) is 0 Å². The highest BCUT2D eigenvalue weighted by molar-refractivity contribution is 5.94. The molecule has 0 amide bonds. The second kappa shape index (κ2) is 5.35. The molecule has 2 heterocycles. The molecule has 98 valence electrons. The van der Waals surface area contributed by atoms with Crippen LogP contribution in [0.1, 0.15) is 23.7 Å². The fraction of sp³-hybridized carbons (Fsp3) is 0.538. The molecule has 0 radical (unpaired) electrons. The molecule has 1 N–H and O–H groups in total. The van der Waals surface area contributed by atoms with Crippen LogP contribution in [0.4, 0.5) is 5.69 Å². The van der Waals surface area contributed by atoms with E-state index in [0.29, 0.717) is 5.92 Å². The third kappa shape index (κ3) is 2.46. The van der Waals surface area contributed by atoms with E-state index in [0.717, 1.165) is 25.2 Å². The van der Waals surface area contributed by atoms with Crippen molar-refractivity contribution in [2.45, 2.75) is 19.4 Å². The van der Waals surface area contributed by atoms with Crippen LogP contribution < -0.4 is 4.90 Å². The number of ether oxygens (including phenoxy) is 1. The Morgan fingerprint density at radius 2 is 2.39 bits per heavy atom. The van der Waals surface area contributed by atoms with Gasteiger partial charge in [0, 0.05) is 32.6 Å². The Kier molecular flexibility index (Phi) is 3.81. The molecular weight excluding hydrogens is 232 g/mol. The van der Waals surface area contributed by atoms with Gasteiger partial charge in [-0.1, -0.05) is 6.92 Å². The van der Waals surface area contributed by atoms with Crippen molar-refractivity contribution in [3.8, 4) is 0 Å². The summed E-state index contributed by atoms with van der Waals surface area (Å²) in [5, 5.41) is 9.17. The Balaban J connectivity index is 2.24. The second-order valence-electron chi connectivity index (χ2n) is 4.68. The van der Waals surface area contributed by atoms with E-state index in [1.165, 1.54) is 6.20 Å². The SMILES string of the molecule is COC1CN(c2ccncc2C(=O)O)CCC1C. The molecule has 0 saturated carbocycles. The number of piperidine rings is 1. The lowest BCUT2D eigenvalue weighted by atomic mass is 9.95. The number of carboxylic acid groups (broad SMARTS) is 1. The summed E-state index contributed by atoms with van der Waals surface area (Å²) in [6.07, 6.45) is 4.17. The summed E-state index contributed by atoms with van der Waals surface area (Å²) in [6, 6.07) is 1.76. The van der Waals surface area contributed by atoms with E-state index in [1.54, 1.807) is 19.4 Å². The molecule has 5 heteroatoms. The number of rotatable bonds is 3. The fourth-order valence-electron chi connectivity index (χ4n) is 2.39. The standard InChI is InChI=1S/C13H18N2O3/c1-9-4-6-15(8-12(9)18-2)11-3-5-14-7-10(11)13(16)17/h3,5,7,9,12H,4,6,8H2,1-2H3,(H,16,17). The summed E-state index contributed by atoms with van der Waals surface area (Å²) in [5.74, 6) is -0.438. The molecule has 1 aliphatic heterocycles. The molecule has 0 spiro atoms. The van der Waals surface area contributed by atoms with Crippen molar-refractivity contribution in [2.24, 2.45) is 5.92 Å². The lowest BCUT2D eigenvalue weighted by Gasteiger charge is -2.38. The molecule has 5 nitrogen and oxygen atoms in total. The van der Waals surface area contributed by atoms with Crippen molar-refractivity contribution in [1.29, 1.82) is 0 Å². The number of hydrogen-bond acceptors (Lipinski definition) is 4. The first-order valence-electron chi connectivity index (χ1n) is 6.08. The van der Waals surface area contributed by atoms with Crippen molar-refractivity contribution in [3.05, 3.63) is 24.0 Å². The minimum absolute atomic E-state index is 0.147. The Hall–Kier alpha value is -1.62. The van der Waals surface area contributed by atoms with Gasteiger partial charge in [-0.25, -0.2) is 4.79 Å². The van der Waals surface area contributed by atoms with Crippen molar-refractivity contribution in [1.82, 2.24) is 4.98 Å². The number of nitrogens with zero attached hydrogens (tertiary/aromatic N) is 2. The van der Waals surface area contributed by atoms with E-state index in [4.69, 9.17) is 4.74 Å². The third-order valence-electron chi connectivity index (χ3n) is 3.56. The molecule has 2 unspecified atom stereocenters. The van der Waals surface area contributed by atoms with Gasteiger partial charge in [-0.3, -0.25) is 4.98 Å². The Morgan fingerprint density at radius 3 is 3.06 bits per heavy atom. The summed E-state index contributed by atoms with van der Waals surface area (Å²) in [4.78, 5) is 17.1. The fourth-order valence-corrected chi connectivity index (χ4v) is 2.39. The van der Waals surface area contributed by atoms with Crippen LogP contribution >= 0.6 is 0 Å². The number of pyridine rings is 1. The van der Waals surface area contributed by atoms with Crippen LogP contribution in [-0.2, 0) is 4.74 Å². The number of methoxy groups -OCH3 is 1. The highest BCUT2D eigenvalue weighted by Gasteiger charge is 2.28. The topological polar surface area (TPSA) is 62.7 Å².